The van der Waals surface area contributed by atoms with Crippen molar-refractivity contribution in [2.75, 3.05) is 0 Å². The maximum absolute atomic E-state index is 12.8. The number of hydrogen-bond acceptors (Lipinski definition) is 4. The number of hydrogen-bond donors (Lipinski definition) is 2. The van der Waals surface area contributed by atoms with Crippen molar-refractivity contribution < 1.29 is 9.59 Å². The summed E-state index contributed by atoms with van der Waals surface area (Å²) in [5, 5.41) is 8.60. The molecule has 1 aromatic heterocycles. The highest BCUT2D eigenvalue weighted by molar-refractivity contribution is 7.12. The molecule has 2 aromatic rings. The minimum atomic E-state index is -0.137. The molecule has 2 N–H and O–H groups in total. The number of amides is 1. The van der Waals surface area contributed by atoms with Gasteiger partial charge in [-0.2, -0.15) is 0 Å². The first kappa shape index (κ1) is 15.5. The highest BCUT2D eigenvalue weighted by Gasteiger charge is 2.34. The molecular formula is C19H20N2O2S. The molecule has 0 spiro atoms. The van der Waals surface area contributed by atoms with Gasteiger partial charge in [0.2, 0.25) is 5.78 Å². The average Bonchev–Trinajstić information content (AvgIpc) is 3.24. The van der Waals surface area contributed by atoms with Gasteiger partial charge in [-0.1, -0.05) is 24.3 Å². The zero-order chi connectivity index (χ0) is 16.5. The van der Waals surface area contributed by atoms with Crippen LogP contribution in [0.3, 0.4) is 0 Å². The van der Waals surface area contributed by atoms with Gasteiger partial charge < -0.3 is 10.6 Å². The van der Waals surface area contributed by atoms with Crippen LogP contribution in [0.25, 0.3) is 0 Å². The zero-order valence-corrected chi connectivity index (χ0v) is 14.1. The minimum Gasteiger partial charge on any atom is -0.349 e. The second kappa shape index (κ2) is 6.49. The highest BCUT2D eigenvalue weighted by Crippen LogP contribution is 2.27. The number of benzene rings is 1. The molecule has 2 saturated heterocycles. The van der Waals surface area contributed by atoms with Crippen LogP contribution in [0.2, 0.25) is 0 Å². The van der Waals surface area contributed by atoms with Gasteiger partial charge in [-0.05, 0) is 43.2 Å². The molecule has 2 aliphatic heterocycles. The Balaban J connectivity index is 1.53. The molecule has 124 valence electrons. The van der Waals surface area contributed by atoms with Crippen molar-refractivity contribution in [2.45, 2.75) is 43.8 Å². The highest BCUT2D eigenvalue weighted by atomic mass is 32.1. The summed E-state index contributed by atoms with van der Waals surface area (Å²) in [6.45, 7) is 0. The standard InChI is InChI=1S/C19H20N2O2S/c22-18(17-6-3-9-24-17)15-4-1-2-5-16(15)19(23)21-14-10-12-7-8-13(11-14)20-12/h1-6,9,12-14,20H,7-8,10-11H2,(H,21,23). The topological polar surface area (TPSA) is 58.2 Å². The Morgan fingerprint density at radius 1 is 1.00 bits per heavy atom. The van der Waals surface area contributed by atoms with E-state index in [1.54, 1.807) is 18.2 Å². The molecule has 24 heavy (non-hydrogen) atoms. The second-order valence-electron chi connectivity index (χ2n) is 6.63. The van der Waals surface area contributed by atoms with E-state index in [0.29, 0.717) is 28.1 Å². The number of rotatable bonds is 4. The van der Waals surface area contributed by atoms with Crippen molar-refractivity contribution in [3.63, 3.8) is 0 Å². The molecule has 2 aliphatic rings. The Morgan fingerprint density at radius 2 is 1.71 bits per heavy atom. The summed E-state index contributed by atoms with van der Waals surface area (Å²) in [6, 6.07) is 12.0. The fourth-order valence-corrected chi connectivity index (χ4v) is 4.54. The molecule has 1 amide bonds. The van der Waals surface area contributed by atoms with Gasteiger partial charge in [0.25, 0.3) is 5.91 Å². The number of carbonyl (C=O) groups excluding carboxylic acids is 2. The van der Waals surface area contributed by atoms with Crippen LogP contribution in [-0.2, 0) is 0 Å². The van der Waals surface area contributed by atoms with Gasteiger partial charge in [-0.3, -0.25) is 9.59 Å². The van der Waals surface area contributed by atoms with E-state index < -0.39 is 0 Å². The quantitative estimate of drug-likeness (QED) is 0.841. The summed E-state index contributed by atoms with van der Waals surface area (Å²) in [4.78, 5) is 26.1. The fourth-order valence-electron chi connectivity index (χ4n) is 3.86. The number of nitrogens with one attached hydrogen (secondary N) is 2. The minimum absolute atomic E-state index is 0.0823. The van der Waals surface area contributed by atoms with Crippen molar-refractivity contribution in [3.05, 3.63) is 57.8 Å². The molecule has 2 atom stereocenters. The molecule has 5 heteroatoms. The Hall–Kier alpha value is -1.98. The van der Waals surface area contributed by atoms with Gasteiger partial charge in [0.15, 0.2) is 0 Å². The first-order valence-electron chi connectivity index (χ1n) is 8.45. The number of thiophene rings is 1. The molecule has 0 radical (unpaired) electrons. The second-order valence-corrected chi connectivity index (χ2v) is 7.58. The van der Waals surface area contributed by atoms with Gasteiger partial charge >= 0.3 is 0 Å². The van der Waals surface area contributed by atoms with Crippen molar-refractivity contribution in [1.29, 1.82) is 0 Å². The first-order chi connectivity index (χ1) is 11.7. The summed E-state index contributed by atoms with van der Waals surface area (Å²) in [5.74, 6) is -0.220. The van der Waals surface area contributed by atoms with E-state index >= 15 is 0 Å². The predicted octanol–water partition coefficient (Wildman–Crippen LogP) is 2.99. The van der Waals surface area contributed by atoms with Crippen molar-refractivity contribution >= 4 is 23.0 Å². The molecule has 3 heterocycles. The third-order valence-corrected chi connectivity index (χ3v) is 5.84. The lowest BCUT2D eigenvalue weighted by atomic mass is 9.98. The Labute approximate surface area is 145 Å². The van der Waals surface area contributed by atoms with Crippen LogP contribution in [0.1, 0.15) is 51.3 Å². The summed E-state index contributed by atoms with van der Waals surface area (Å²) >= 11 is 1.40. The molecule has 4 nitrogen and oxygen atoms in total. The van der Waals surface area contributed by atoms with Gasteiger partial charge in [-0.15, -0.1) is 11.3 Å². The number of piperidine rings is 1. The number of carbonyl (C=O) groups is 2. The molecule has 0 saturated carbocycles. The maximum atomic E-state index is 12.8. The largest absolute Gasteiger partial charge is 0.349 e. The van der Waals surface area contributed by atoms with Crippen LogP contribution in [0.4, 0.5) is 0 Å². The smallest absolute Gasteiger partial charge is 0.252 e. The molecular weight excluding hydrogens is 320 g/mol. The van der Waals surface area contributed by atoms with Crippen molar-refractivity contribution in [2.24, 2.45) is 0 Å². The van der Waals surface area contributed by atoms with E-state index in [2.05, 4.69) is 10.6 Å². The number of ketones is 1. The lowest BCUT2D eigenvalue weighted by Crippen LogP contribution is -2.48. The lowest BCUT2D eigenvalue weighted by molar-refractivity contribution is 0.0915. The third kappa shape index (κ3) is 3.01. The summed E-state index contributed by atoms with van der Waals surface area (Å²) < 4.78 is 0. The normalized spacial score (nSPS) is 25.4. The molecule has 1 aromatic carbocycles. The Morgan fingerprint density at radius 3 is 2.38 bits per heavy atom. The fraction of sp³-hybridized carbons (Fsp3) is 0.368. The van der Waals surface area contributed by atoms with E-state index in [-0.39, 0.29) is 17.7 Å². The number of fused-ring (bicyclic) bond motifs is 2. The maximum Gasteiger partial charge on any atom is 0.252 e. The van der Waals surface area contributed by atoms with Crippen LogP contribution in [0.15, 0.2) is 41.8 Å². The van der Waals surface area contributed by atoms with E-state index in [1.165, 1.54) is 24.2 Å². The lowest BCUT2D eigenvalue weighted by Gasteiger charge is -2.29. The molecule has 4 rings (SSSR count). The van der Waals surface area contributed by atoms with Crippen LogP contribution >= 0.6 is 11.3 Å². The molecule has 2 bridgehead atoms. The van der Waals surface area contributed by atoms with Crippen molar-refractivity contribution in [1.82, 2.24) is 10.6 Å². The SMILES string of the molecule is O=C(NC1CC2CCC(C1)N2)c1ccccc1C(=O)c1cccs1. The monoisotopic (exact) mass is 340 g/mol. The molecule has 0 aliphatic carbocycles. The van der Waals surface area contributed by atoms with Crippen molar-refractivity contribution in [3.8, 4) is 0 Å². The van der Waals surface area contributed by atoms with Gasteiger partial charge in [-0.25, -0.2) is 0 Å². The van der Waals surface area contributed by atoms with Gasteiger partial charge in [0, 0.05) is 23.7 Å². The Bertz CT molecular complexity index is 744. The average molecular weight is 340 g/mol. The third-order valence-electron chi connectivity index (χ3n) is 4.97. The van der Waals surface area contributed by atoms with Crippen LogP contribution < -0.4 is 10.6 Å². The summed E-state index contributed by atoms with van der Waals surface area (Å²) in [7, 11) is 0. The summed E-state index contributed by atoms with van der Waals surface area (Å²) in [6.07, 6.45) is 4.35. The summed E-state index contributed by atoms with van der Waals surface area (Å²) in [5.41, 5.74) is 0.955. The first-order valence-corrected chi connectivity index (χ1v) is 9.33. The molecule has 2 fully saturated rings. The predicted molar refractivity (Wildman–Crippen MR) is 94.6 cm³/mol. The van der Waals surface area contributed by atoms with E-state index in [9.17, 15) is 9.59 Å². The van der Waals surface area contributed by atoms with E-state index in [0.717, 1.165) is 12.8 Å². The van der Waals surface area contributed by atoms with E-state index in [1.807, 2.05) is 23.6 Å². The van der Waals surface area contributed by atoms with Crippen LogP contribution in [-0.4, -0.2) is 29.8 Å². The van der Waals surface area contributed by atoms with Gasteiger partial charge in [0.05, 0.1) is 10.4 Å². The van der Waals surface area contributed by atoms with Crippen LogP contribution in [0.5, 0.6) is 0 Å². The van der Waals surface area contributed by atoms with Crippen LogP contribution in [0, 0.1) is 0 Å². The molecule has 2 unspecified atom stereocenters. The van der Waals surface area contributed by atoms with Gasteiger partial charge in [0.1, 0.15) is 0 Å². The van der Waals surface area contributed by atoms with E-state index in [4.69, 9.17) is 0 Å². The Kier molecular flexibility index (Phi) is 4.21. The zero-order valence-electron chi connectivity index (χ0n) is 13.3.